The summed E-state index contributed by atoms with van der Waals surface area (Å²) in [4.78, 5) is 2.60. The van der Waals surface area contributed by atoms with Crippen LogP contribution in [0, 0.1) is 23.7 Å². The van der Waals surface area contributed by atoms with Crippen LogP contribution in [0.25, 0.3) is 62.6 Å². The van der Waals surface area contributed by atoms with E-state index in [1.165, 1.54) is 112 Å². The molecule has 7 aromatic carbocycles. The summed E-state index contributed by atoms with van der Waals surface area (Å²) < 4.78 is 5.36. The van der Waals surface area contributed by atoms with E-state index in [0.29, 0.717) is 0 Å². The Hall–Kier alpha value is -5.22. The maximum Gasteiger partial charge on any atom is 0.0554 e. The van der Waals surface area contributed by atoms with Crippen molar-refractivity contribution in [3.05, 3.63) is 163 Å². The second kappa shape index (κ2) is 11.4. The molecule has 4 saturated carbocycles. The minimum absolute atomic E-state index is 0.111. The summed E-state index contributed by atoms with van der Waals surface area (Å²) in [6, 6.07) is 58.1. The number of anilines is 3. The Bertz CT molecular complexity index is 3010. The van der Waals surface area contributed by atoms with Gasteiger partial charge in [0.25, 0.3) is 0 Å². The normalized spacial score (nSPS) is 23.3. The maximum atomic E-state index is 2.66. The highest BCUT2D eigenvalue weighted by Gasteiger charge is 2.61. The van der Waals surface area contributed by atoms with Crippen molar-refractivity contribution in [2.75, 3.05) is 4.90 Å². The fourth-order valence-corrected chi connectivity index (χ4v) is 14.7. The predicted molar refractivity (Wildman–Crippen MR) is 236 cm³/mol. The number of rotatable bonds is 4. The molecule has 0 amide bonds. The Morgan fingerprint density at radius 2 is 1.02 bits per heavy atom. The van der Waals surface area contributed by atoms with Gasteiger partial charge >= 0.3 is 0 Å². The lowest BCUT2D eigenvalue weighted by molar-refractivity contribution is -0.0399. The molecule has 1 spiro atoms. The highest BCUT2D eigenvalue weighted by Crippen LogP contribution is 2.69. The molecule has 0 aliphatic heterocycles. The molecule has 14 rings (SSSR count). The van der Waals surface area contributed by atoms with Crippen LogP contribution in [0.4, 0.5) is 17.1 Å². The first-order valence-electron chi connectivity index (χ1n) is 20.2. The van der Waals surface area contributed by atoms with E-state index in [1.54, 1.807) is 11.1 Å². The minimum Gasteiger partial charge on any atom is -0.310 e. The lowest BCUT2D eigenvalue weighted by atomic mass is 9.43. The third-order valence-electron chi connectivity index (χ3n) is 14.2. The Labute approximate surface area is 329 Å². The van der Waals surface area contributed by atoms with Crippen LogP contribution >= 0.6 is 22.7 Å². The van der Waals surface area contributed by atoms with Crippen LogP contribution in [0.3, 0.4) is 0 Å². The van der Waals surface area contributed by atoms with Crippen molar-refractivity contribution in [1.82, 2.24) is 0 Å². The van der Waals surface area contributed by atoms with Crippen LogP contribution in [0.15, 0.2) is 152 Å². The summed E-state index contributed by atoms with van der Waals surface area (Å²) in [5, 5.41) is 5.37. The Morgan fingerprint density at radius 1 is 0.436 bits per heavy atom. The van der Waals surface area contributed by atoms with Gasteiger partial charge in [0.05, 0.1) is 5.69 Å². The minimum atomic E-state index is 0.111. The monoisotopic (exact) mass is 741 g/mol. The quantitative estimate of drug-likeness (QED) is 0.174. The van der Waals surface area contributed by atoms with Gasteiger partial charge in [0.2, 0.25) is 0 Å². The molecule has 264 valence electrons. The third-order valence-corrected chi connectivity index (χ3v) is 16.5. The van der Waals surface area contributed by atoms with Gasteiger partial charge in [-0.15, -0.1) is 22.7 Å². The second-order valence-electron chi connectivity index (χ2n) is 16.9. The first-order valence-corrected chi connectivity index (χ1v) is 21.8. The van der Waals surface area contributed by atoms with Crippen LogP contribution in [-0.2, 0) is 5.41 Å². The average molecular weight is 742 g/mol. The first-order chi connectivity index (χ1) is 27.2. The summed E-state index contributed by atoms with van der Waals surface area (Å²) >= 11 is 3.80. The number of fused-ring (bicyclic) bond motifs is 9. The second-order valence-corrected chi connectivity index (χ2v) is 19.0. The van der Waals surface area contributed by atoms with Crippen molar-refractivity contribution in [1.29, 1.82) is 0 Å². The Kier molecular flexibility index (Phi) is 6.44. The van der Waals surface area contributed by atoms with Crippen LogP contribution in [0.1, 0.15) is 43.2 Å². The highest BCUT2D eigenvalue weighted by molar-refractivity contribution is 7.26. The molecule has 2 aromatic heterocycles. The zero-order chi connectivity index (χ0) is 35.8. The van der Waals surface area contributed by atoms with Gasteiger partial charge in [-0.2, -0.15) is 0 Å². The number of hydrogen-bond acceptors (Lipinski definition) is 3. The van der Waals surface area contributed by atoms with E-state index in [9.17, 15) is 0 Å². The van der Waals surface area contributed by atoms with Crippen molar-refractivity contribution >= 4 is 80.1 Å². The molecule has 5 aliphatic carbocycles. The third kappa shape index (κ3) is 4.23. The molecule has 5 aliphatic rings. The summed E-state index contributed by atoms with van der Waals surface area (Å²) in [6.45, 7) is 0. The van der Waals surface area contributed by atoms with Gasteiger partial charge in [-0.05, 0) is 144 Å². The SMILES string of the molecule is c1cc(-c2cccc3sc4ccccc4c23)cc(N(c2ccc3c(c2)C2(c4ccccc4-3)C3CC4CC(C3)CC2C4)c2cccc3sc4ccccc4c23)c1. The molecule has 0 N–H and O–H groups in total. The highest BCUT2D eigenvalue weighted by atomic mass is 32.1. The fourth-order valence-electron chi connectivity index (χ4n) is 12.5. The van der Waals surface area contributed by atoms with E-state index in [-0.39, 0.29) is 5.41 Å². The number of hydrogen-bond donors (Lipinski definition) is 0. The zero-order valence-electron chi connectivity index (χ0n) is 30.5. The molecule has 0 radical (unpaired) electrons. The van der Waals surface area contributed by atoms with Crippen molar-refractivity contribution in [3.8, 4) is 22.3 Å². The Balaban J connectivity index is 1.06. The van der Waals surface area contributed by atoms with E-state index >= 15 is 0 Å². The molecule has 9 aromatic rings. The van der Waals surface area contributed by atoms with Crippen LogP contribution in [0.5, 0.6) is 0 Å². The van der Waals surface area contributed by atoms with Crippen molar-refractivity contribution in [3.63, 3.8) is 0 Å². The lowest BCUT2D eigenvalue weighted by Gasteiger charge is -2.61. The smallest absolute Gasteiger partial charge is 0.0554 e. The Morgan fingerprint density at radius 3 is 1.80 bits per heavy atom. The molecule has 0 unspecified atom stereocenters. The zero-order valence-corrected chi connectivity index (χ0v) is 32.2. The molecule has 4 bridgehead atoms. The van der Waals surface area contributed by atoms with E-state index in [2.05, 4.69) is 157 Å². The van der Waals surface area contributed by atoms with E-state index in [0.717, 1.165) is 23.7 Å². The van der Waals surface area contributed by atoms with Crippen molar-refractivity contribution in [2.24, 2.45) is 23.7 Å². The van der Waals surface area contributed by atoms with Gasteiger partial charge < -0.3 is 4.90 Å². The number of benzene rings is 7. The molecule has 55 heavy (non-hydrogen) atoms. The van der Waals surface area contributed by atoms with Crippen LogP contribution < -0.4 is 4.90 Å². The van der Waals surface area contributed by atoms with E-state index < -0.39 is 0 Å². The summed E-state index contributed by atoms with van der Waals surface area (Å²) in [7, 11) is 0. The summed E-state index contributed by atoms with van der Waals surface area (Å²) in [5.74, 6) is 3.29. The standard InChI is InChI=1S/C52H39NS2/c1-4-16-43-39(12-1)40-23-22-37(30-44(40)52(43)34-25-31-24-32(27-34)28-35(52)26-31)53(45-17-9-21-49-51(45)42-14-3-6-19-47(42)55-49)36-11-7-10-33(29-36)38-15-8-20-48-50(38)41-13-2-5-18-46(41)54-48/h1-23,29-32,34-35H,24-28H2. The summed E-state index contributed by atoms with van der Waals surface area (Å²) in [5.41, 5.74) is 12.5. The molecule has 0 saturated heterocycles. The lowest BCUT2D eigenvalue weighted by Crippen LogP contribution is -2.55. The van der Waals surface area contributed by atoms with Gasteiger partial charge in [0.1, 0.15) is 0 Å². The number of nitrogens with zero attached hydrogens (tertiary/aromatic N) is 1. The molecule has 1 nitrogen and oxygen atoms in total. The van der Waals surface area contributed by atoms with E-state index in [1.807, 2.05) is 22.7 Å². The molecule has 3 heteroatoms. The molecule has 4 fully saturated rings. The van der Waals surface area contributed by atoms with Crippen molar-refractivity contribution in [2.45, 2.75) is 37.5 Å². The van der Waals surface area contributed by atoms with Gasteiger partial charge in [0.15, 0.2) is 0 Å². The summed E-state index contributed by atoms with van der Waals surface area (Å²) in [6.07, 6.45) is 7.02. The van der Waals surface area contributed by atoms with Gasteiger partial charge in [-0.1, -0.05) is 97.1 Å². The van der Waals surface area contributed by atoms with E-state index in [4.69, 9.17) is 0 Å². The first kappa shape index (κ1) is 31.0. The maximum absolute atomic E-state index is 2.66. The molecular weight excluding hydrogens is 703 g/mol. The largest absolute Gasteiger partial charge is 0.310 e. The average Bonchev–Trinajstić information content (AvgIpc) is 3.89. The van der Waals surface area contributed by atoms with Crippen molar-refractivity contribution < 1.29 is 0 Å². The van der Waals surface area contributed by atoms with Gasteiger partial charge in [-0.3, -0.25) is 0 Å². The molecule has 2 heterocycles. The number of thiophene rings is 2. The molecule has 0 atom stereocenters. The molecular formula is C52H39NS2. The van der Waals surface area contributed by atoms with Gasteiger partial charge in [0, 0.05) is 57.1 Å². The van der Waals surface area contributed by atoms with Crippen LogP contribution in [0.2, 0.25) is 0 Å². The predicted octanol–water partition coefficient (Wildman–Crippen LogP) is 15.3. The fraction of sp³-hybridized carbons (Fsp3) is 0.192. The van der Waals surface area contributed by atoms with Crippen LogP contribution in [-0.4, -0.2) is 0 Å². The van der Waals surface area contributed by atoms with Gasteiger partial charge in [-0.25, -0.2) is 0 Å². The topological polar surface area (TPSA) is 3.24 Å².